The summed E-state index contributed by atoms with van der Waals surface area (Å²) in [6.45, 7) is 2.71. The molecular weight excluding hydrogens is 304 g/mol. The van der Waals surface area contributed by atoms with Gasteiger partial charge in [-0.1, -0.05) is 6.42 Å². The number of thiazole rings is 1. The maximum absolute atomic E-state index is 12.8. The lowest BCUT2D eigenvalue weighted by molar-refractivity contribution is -0.142. The van der Waals surface area contributed by atoms with Crippen molar-refractivity contribution >= 4 is 23.2 Å². The van der Waals surface area contributed by atoms with Crippen LogP contribution in [0.2, 0.25) is 0 Å². The second-order valence-corrected chi connectivity index (χ2v) is 7.13. The standard InChI is InChI=1S/C15H20N2O4S/c1-8-13(22-11(16-8)7-21-2)14(18)17-6-9-4-3-5-10(9)12(17)15(19)20/h9-10,12H,3-7H2,1-2H3,(H,19,20)/t9-,10-,12-/m0/s1. The summed E-state index contributed by atoms with van der Waals surface area (Å²) in [4.78, 5) is 30.9. The third kappa shape index (κ3) is 2.52. The summed E-state index contributed by atoms with van der Waals surface area (Å²) in [6.07, 6.45) is 3.00. The van der Waals surface area contributed by atoms with Gasteiger partial charge in [0, 0.05) is 13.7 Å². The van der Waals surface area contributed by atoms with E-state index in [2.05, 4.69) is 4.98 Å². The Hall–Kier alpha value is -1.47. The summed E-state index contributed by atoms with van der Waals surface area (Å²) in [6, 6.07) is -0.688. The number of rotatable bonds is 4. The molecule has 1 saturated carbocycles. The van der Waals surface area contributed by atoms with E-state index in [1.165, 1.54) is 11.3 Å². The number of hydrogen-bond donors (Lipinski definition) is 1. The Morgan fingerprint density at radius 3 is 2.91 bits per heavy atom. The second kappa shape index (κ2) is 5.96. The van der Waals surface area contributed by atoms with E-state index in [1.807, 2.05) is 0 Å². The number of ether oxygens (including phenoxy) is 1. The molecule has 1 N–H and O–H groups in total. The lowest BCUT2D eigenvalue weighted by Gasteiger charge is -2.24. The molecule has 2 fully saturated rings. The van der Waals surface area contributed by atoms with Gasteiger partial charge in [-0.3, -0.25) is 4.79 Å². The van der Waals surface area contributed by atoms with E-state index in [1.54, 1.807) is 18.9 Å². The van der Waals surface area contributed by atoms with E-state index < -0.39 is 12.0 Å². The first kappa shape index (κ1) is 15.4. The van der Waals surface area contributed by atoms with Crippen molar-refractivity contribution in [1.82, 2.24) is 9.88 Å². The first-order valence-electron chi connectivity index (χ1n) is 7.52. The molecule has 1 amide bonds. The fourth-order valence-electron chi connectivity index (χ4n) is 3.80. The Kier molecular flexibility index (Phi) is 4.18. The zero-order valence-corrected chi connectivity index (χ0v) is 13.6. The van der Waals surface area contributed by atoms with Gasteiger partial charge in [-0.15, -0.1) is 11.3 Å². The van der Waals surface area contributed by atoms with Crippen molar-refractivity contribution in [2.24, 2.45) is 11.8 Å². The van der Waals surface area contributed by atoms with Gasteiger partial charge in [0.1, 0.15) is 15.9 Å². The number of methoxy groups -OCH3 is 1. The van der Waals surface area contributed by atoms with Gasteiger partial charge in [-0.2, -0.15) is 0 Å². The average molecular weight is 324 g/mol. The van der Waals surface area contributed by atoms with Crippen LogP contribution in [0.4, 0.5) is 0 Å². The summed E-state index contributed by atoms with van der Waals surface area (Å²) in [7, 11) is 1.58. The van der Waals surface area contributed by atoms with Gasteiger partial charge in [0.05, 0.1) is 12.3 Å². The Morgan fingerprint density at radius 2 is 2.23 bits per heavy atom. The number of carbonyl (C=O) groups excluding carboxylic acids is 1. The van der Waals surface area contributed by atoms with Gasteiger partial charge in [-0.05, 0) is 31.6 Å². The number of aryl methyl sites for hydroxylation is 1. The molecule has 22 heavy (non-hydrogen) atoms. The normalized spacial score (nSPS) is 27.2. The quantitative estimate of drug-likeness (QED) is 0.915. The fraction of sp³-hybridized carbons (Fsp3) is 0.667. The molecule has 1 aliphatic carbocycles. The molecule has 1 aromatic rings. The zero-order valence-electron chi connectivity index (χ0n) is 12.7. The maximum Gasteiger partial charge on any atom is 0.326 e. The minimum absolute atomic E-state index is 0.105. The van der Waals surface area contributed by atoms with Gasteiger partial charge in [0.2, 0.25) is 0 Å². The Labute approximate surface area is 133 Å². The number of likely N-dealkylation sites (tertiary alicyclic amines) is 1. The Morgan fingerprint density at radius 1 is 1.45 bits per heavy atom. The summed E-state index contributed by atoms with van der Waals surface area (Å²) >= 11 is 1.30. The topological polar surface area (TPSA) is 79.7 Å². The van der Waals surface area contributed by atoms with Crippen LogP contribution in [0.1, 0.15) is 39.6 Å². The van der Waals surface area contributed by atoms with Crippen LogP contribution in [0, 0.1) is 18.8 Å². The van der Waals surface area contributed by atoms with Gasteiger partial charge in [0.25, 0.3) is 5.91 Å². The first-order valence-corrected chi connectivity index (χ1v) is 8.33. The Bertz CT molecular complexity index is 600. The fourth-order valence-corrected chi connectivity index (χ4v) is 4.79. The van der Waals surface area contributed by atoms with E-state index in [-0.39, 0.29) is 11.8 Å². The number of fused-ring (bicyclic) bond motifs is 1. The van der Waals surface area contributed by atoms with E-state index in [9.17, 15) is 14.7 Å². The van der Waals surface area contributed by atoms with Gasteiger partial charge >= 0.3 is 5.97 Å². The number of aliphatic carboxylic acids is 1. The van der Waals surface area contributed by atoms with Gasteiger partial charge < -0.3 is 14.7 Å². The van der Waals surface area contributed by atoms with E-state index in [0.717, 1.165) is 24.3 Å². The summed E-state index contributed by atoms with van der Waals surface area (Å²) in [5.41, 5.74) is 0.656. The smallest absolute Gasteiger partial charge is 0.326 e. The van der Waals surface area contributed by atoms with Crippen molar-refractivity contribution < 1.29 is 19.4 Å². The van der Waals surface area contributed by atoms with E-state index in [4.69, 9.17) is 4.74 Å². The molecule has 0 spiro atoms. The number of carboxylic acid groups (broad SMARTS) is 1. The van der Waals surface area contributed by atoms with E-state index in [0.29, 0.717) is 29.6 Å². The largest absolute Gasteiger partial charge is 0.480 e. The van der Waals surface area contributed by atoms with Crippen molar-refractivity contribution in [2.45, 2.75) is 38.8 Å². The second-order valence-electron chi connectivity index (χ2n) is 6.05. The molecule has 0 bridgehead atoms. The third-order valence-electron chi connectivity index (χ3n) is 4.71. The number of hydrogen-bond acceptors (Lipinski definition) is 5. The molecule has 1 aliphatic heterocycles. The van der Waals surface area contributed by atoms with Crippen LogP contribution < -0.4 is 0 Å². The van der Waals surface area contributed by atoms with Crippen molar-refractivity contribution in [3.05, 3.63) is 15.6 Å². The molecule has 3 atom stereocenters. The van der Waals surface area contributed by atoms with Crippen molar-refractivity contribution in [3.63, 3.8) is 0 Å². The lowest BCUT2D eigenvalue weighted by atomic mass is 9.94. The number of nitrogens with zero attached hydrogens (tertiary/aromatic N) is 2. The highest BCUT2D eigenvalue weighted by Gasteiger charge is 2.50. The molecule has 2 heterocycles. The van der Waals surface area contributed by atoms with Crippen LogP contribution in [0.15, 0.2) is 0 Å². The molecule has 0 radical (unpaired) electrons. The van der Waals surface area contributed by atoms with Gasteiger partial charge in [0.15, 0.2) is 0 Å². The highest BCUT2D eigenvalue weighted by molar-refractivity contribution is 7.13. The van der Waals surface area contributed by atoms with Crippen molar-refractivity contribution in [1.29, 1.82) is 0 Å². The minimum Gasteiger partial charge on any atom is -0.480 e. The van der Waals surface area contributed by atoms with Crippen molar-refractivity contribution in [2.75, 3.05) is 13.7 Å². The molecule has 7 heteroatoms. The third-order valence-corrected chi connectivity index (χ3v) is 5.83. The summed E-state index contributed by atoms with van der Waals surface area (Å²) in [5, 5.41) is 10.3. The predicted molar refractivity (Wildman–Crippen MR) is 80.9 cm³/mol. The number of carboxylic acids is 1. The number of carbonyl (C=O) groups is 2. The molecule has 120 valence electrons. The van der Waals surface area contributed by atoms with Crippen LogP contribution >= 0.6 is 11.3 Å². The maximum atomic E-state index is 12.8. The minimum atomic E-state index is -0.887. The molecule has 0 unspecified atom stereocenters. The number of amides is 1. The molecule has 0 aromatic carbocycles. The highest BCUT2D eigenvalue weighted by atomic mass is 32.1. The van der Waals surface area contributed by atoms with Crippen LogP contribution in [-0.4, -0.2) is 46.6 Å². The first-order chi connectivity index (χ1) is 10.5. The zero-order chi connectivity index (χ0) is 15.9. The summed E-state index contributed by atoms with van der Waals surface area (Å²) in [5.74, 6) is -0.647. The molecular formula is C15H20N2O4S. The van der Waals surface area contributed by atoms with Crippen LogP contribution in [0.25, 0.3) is 0 Å². The lowest BCUT2D eigenvalue weighted by Crippen LogP contribution is -2.43. The van der Waals surface area contributed by atoms with Gasteiger partial charge in [-0.25, -0.2) is 9.78 Å². The van der Waals surface area contributed by atoms with Crippen LogP contribution in [-0.2, 0) is 16.1 Å². The van der Waals surface area contributed by atoms with Crippen molar-refractivity contribution in [3.8, 4) is 0 Å². The predicted octanol–water partition coefficient (Wildman–Crippen LogP) is 1.92. The van der Waals surface area contributed by atoms with E-state index >= 15 is 0 Å². The average Bonchev–Trinajstić information content (AvgIpc) is 3.11. The molecule has 3 rings (SSSR count). The summed E-state index contributed by atoms with van der Waals surface area (Å²) < 4.78 is 5.05. The van der Waals surface area contributed by atoms with Crippen LogP contribution in [0.5, 0.6) is 0 Å². The molecule has 6 nitrogen and oxygen atoms in total. The number of aromatic nitrogens is 1. The SMILES string of the molecule is COCc1nc(C)c(C(=O)N2C[C@@H]3CCC[C@@H]3[C@H]2C(=O)O)s1. The monoisotopic (exact) mass is 324 g/mol. The Balaban J connectivity index is 1.86. The molecule has 2 aliphatic rings. The highest BCUT2D eigenvalue weighted by Crippen LogP contribution is 2.43. The molecule has 1 saturated heterocycles. The molecule has 1 aromatic heterocycles. The van der Waals surface area contributed by atoms with Crippen LogP contribution in [0.3, 0.4) is 0 Å².